The highest BCUT2D eigenvalue weighted by molar-refractivity contribution is 7.80. The molecule has 3 amide bonds. The smallest absolute Gasteiger partial charge is 0.270 e. The van der Waals surface area contributed by atoms with Crippen LogP contribution in [0.5, 0.6) is 11.5 Å². The van der Waals surface area contributed by atoms with Crippen LogP contribution in [0.1, 0.15) is 5.56 Å². The van der Waals surface area contributed by atoms with Gasteiger partial charge in [-0.1, -0.05) is 12.1 Å². The number of nitrogens with zero attached hydrogens (tertiary/aromatic N) is 1. The number of carbonyl (C=O) groups excluding carboxylic acids is 3. The molecule has 1 fully saturated rings. The highest BCUT2D eigenvalue weighted by Gasteiger charge is 2.34. The van der Waals surface area contributed by atoms with E-state index < -0.39 is 17.7 Å². The lowest BCUT2D eigenvalue weighted by atomic mass is 10.1. The summed E-state index contributed by atoms with van der Waals surface area (Å²) in [5, 5.41) is 2.52. The van der Waals surface area contributed by atoms with Crippen LogP contribution in [0, 0.1) is 0 Å². The maximum Gasteiger partial charge on any atom is 0.270 e. The van der Waals surface area contributed by atoms with Gasteiger partial charge in [0, 0.05) is 0 Å². The molecule has 1 heterocycles. The highest BCUT2D eigenvalue weighted by Crippen LogP contribution is 2.24. The summed E-state index contributed by atoms with van der Waals surface area (Å²) in [5.41, 5.74) is 6.06. The van der Waals surface area contributed by atoms with Gasteiger partial charge in [-0.05, 0) is 60.3 Å². The van der Waals surface area contributed by atoms with Gasteiger partial charge in [0.2, 0.25) is 0 Å². The number of benzene rings is 2. The van der Waals surface area contributed by atoms with E-state index in [-0.39, 0.29) is 17.3 Å². The summed E-state index contributed by atoms with van der Waals surface area (Å²) >= 11 is 5.17. The number of nitrogens with one attached hydrogen (secondary N) is 1. The fourth-order valence-electron chi connectivity index (χ4n) is 2.60. The summed E-state index contributed by atoms with van der Waals surface area (Å²) in [6.45, 7) is -0.240. The third-order valence-corrected chi connectivity index (χ3v) is 4.29. The fraction of sp³-hybridized carbons (Fsp3) is 0.100. The van der Waals surface area contributed by atoms with Crippen molar-refractivity contribution in [2.75, 3.05) is 18.6 Å². The molecular formula is C20H17N3O5S. The van der Waals surface area contributed by atoms with Gasteiger partial charge in [-0.15, -0.1) is 0 Å². The van der Waals surface area contributed by atoms with Gasteiger partial charge in [-0.2, -0.15) is 0 Å². The van der Waals surface area contributed by atoms with Gasteiger partial charge in [0.15, 0.2) is 11.7 Å². The molecule has 0 spiro atoms. The number of methoxy groups -OCH3 is 1. The summed E-state index contributed by atoms with van der Waals surface area (Å²) in [6.07, 6.45) is 1.45. The van der Waals surface area contributed by atoms with Crippen LogP contribution in [0.4, 0.5) is 5.69 Å². The zero-order valence-corrected chi connectivity index (χ0v) is 16.2. The third-order valence-electron chi connectivity index (χ3n) is 4.00. The van der Waals surface area contributed by atoms with Gasteiger partial charge >= 0.3 is 0 Å². The number of primary amides is 1. The molecule has 0 atom stereocenters. The molecule has 0 unspecified atom stereocenters. The van der Waals surface area contributed by atoms with Gasteiger partial charge in [0.1, 0.15) is 17.1 Å². The molecule has 0 radical (unpaired) electrons. The monoisotopic (exact) mass is 411 g/mol. The first-order valence-corrected chi connectivity index (χ1v) is 8.86. The van der Waals surface area contributed by atoms with Gasteiger partial charge in [0.05, 0.1) is 12.8 Å². The van der Waals surface area contributed by atoms with Crippen molar-refractivity contribution in [2.24, 2.45) is 5.73 Å². The summed E-state index contributed by atoms with van der Waals surface area (Å²) in [6, 6.07) is 13.2. The number of hydrogen-bond donors (Lipinski definition) is 2. The Hall–Kier alpha value is -3.72. The van der Waals surface area contributed by atoms with E-state index in [4.69, 9.17) is 27.4 Å². The van der Waals surface area contributed by atoms with Crippen LogP contribution in [0.3, 0.4) is 0 Å². The molecule has 2 aromatic carbocycles. The number of rotatable bonds is 6. The number of ether oxygens (including phenoxy) is 2. The molecule has 9 heteroatoms. The van der Waals surface area contributed by atoms with E-state index in [0.29, 0.717) is 22.7 Å². The molecule has 0 saturated carbocycles. The second-order valence-corrected chi connectivity index (χ2v) is 6.37. The Morgan fingerprint density at radius 3 is 2.31 bits per heavy atom. The number of carbonyl (C=O) groups is 3. The van der Waals surface area contributed by atoms with Crippen LogP contribution in [0.2, 0.25) is 0 Å². The molecular weight excluding hydrogens is 394 g/mol. The number of thiocarbonyl (C=S) groups is 1. The lowest BCUT2D eigenvalue weighted by molar-refractivity contribution is -0.122. The lowest BCUT2D eigenvalue weighted by Crippen LogP contribution is -2.54. The Labute approximate surface area is 171 Å². The molecule has 0 aliphatic carbocycles. The molecule has 0 bridgehead atoms. The topological polar surface area (TPSA) is 111 Å². The minimum Gasteiger partial charge on any atom is -0.497 e. The average molecular weight is 411 g/mol. The van der Waals surface area contributed by atoms with Crippen LogP contribution < -0.4 is 25.4 Å². The molecule has 3 N–H and O–H groups in total. The number of anilines is 1. The first-order chi connectivity index (χ1) is 13.9. The Morgan fingerprint density at radius 1 is 1.10 bits per heavy atom. The molecule has 1 saturated heterocycles. The van der Waals surface area contributed by atoms with Crippen molar-refractivity contribution in [3.8, 4) is 11.5 Å². The summed E-state index contributed by atoms with van der Waals surface area (Å²) in [4.78, 5) is 37.3. The first-order valence-electron chi connectivity index (χ1n) is 8.45. The Bertz CT molecular complexity index is 1000. The quantitative estimate of drug-likeness (QED) is 0.422. The SMILES string of the molecule is COc1ccc(N2C(=O)/C(=C\c3ccc(OCC(N)=O)cc3)C(=O)NC2=S)cc1. The van der Waals surface area contributed by atoms with Crippen molar-refractivity contribution < 1.29 is 23.9 Å². The molecule has 2 aromatic rings. The first kappa shape index (κ1) is 20.0. The zero-order chi connectivity index (χ0) is 21.0. The van der Waals surface area contributed by atoms with Crippen molar-refractivity contribution in [3.63, 3.8) is 0 Å². The van der Waals surface area contributed by atoms with E-state index in [1.165, 1.54) is 18.1 Å². The second-order valence-electron chi connectivity index (χ2n) is 5.98. The van der Waals surface area contributed by atoms with Gasteiger partial charge in [0.25, 0.3) is 17.7 Å². The summed E-state index contributed by atoms with van der Waals surface area (Å²) in [5.74, 6) is -0.652. The minimum atomic E-state index is -0.588. The van der Waals surface area contributed by atoms with Crippen molar-refractivity contribution >= 4 is 46.8 Å². The van der Waals surface area contributed by atoms with Gasteiger partial charge < -0.3 is 15.2 Å². The van der Waals surface area contributed by atoms with Crippen LogP contribution in [0.25, 0.3) is 6.08 Å². The van der Waals surface area contributed by atoms with Crippen molar-refractivity contribution in [2.45, 2.75) is 0 Å². The van der Waals surface area contributed by atoms with Crippen LogP contribution in [0.15, 0.2) is 54.1 Å². The second kappa shape index (κ2) is 8.53. The maximum atomic E-state index is 13.0. The highest BCUT2D eigenvalue weighted by atomic mass is 32.1. The van der Waals surface area contributed by atoms with Crippen LogP contribution in [-0.2, 0) is 14.4 Å². The van der Waals surface area contributed by atoms with Crippen molar-refractivity contribution in [1.29, 1.82) is 0 Å². The summed E-state index contributed by atoms with van der Waals surface area (Å²) < 4.78 is 10.3. The molecule has 8 nitrogen and oxygen atoms in total. The Kier molecular flexibility index (Phi) is 5.89. The van der Waals surface area contributed by atoms with Crippen molar-refractivity contribution in [1.82, 2.24) is 5.32 Å². The van der Waals surface area contributed by atoms with Crippen LogP contribution >= 0.6 is 12.2 Å². The molecule has 1 aliphatic heterocycles. The largest absolute Gasteiger partial charge is 0.497 e. The predicted octanol–water partition coefficient (Wildman–Crippen LogP) is 1.39. The third kappa shape index (κ3) is 4.58. The molecule has 29 heavy (non-hydrogen) atoms. The van der Waals surface area contributed by atoms with Gasteiger partial charge in [-0.25, -0.2) is 0 Å². The normalized spacial score (nSPS) is 15.3. The predicted molar refractivity (Wildman–Crippen MR) is 110 cm³/mol. The Morgan fingerprint density at radius 2 is 1.72 bits per heavy atom. The van der Waals surface area contributed by atoms with Crippen molar-refractivity contribution in [3.05, 3.63) is 59.7 Å². The Balaban J connectivity index is 1.85. The fourth-order valence-corrected chi connectivity index (χ4v) is 2.89. The van der Waals surface area contributed by atoms with Gasteiger partial charge in [-0.3, -0.25) is 24.6 Å². The zero-order valence-electron chi connectivity index (χ0n) is 15.4. The lowest BCUT2D eigenvalue weighted by Gasteiger charge is -2.29. The average Bonchev–Trinajstić information content (AvgIpc) is 2.71. The molecule has 148 valence electrons. The summed E-state index contributed by atoms with van der Waals surface area (Å²) in [7, 11) is 1.54. The molecule has 0 aromatic heterocycles. The van der Waals surface area contributed by atoms with E-state index in [0.717, 1.165) is 0 Å². The standard InChI is InChI=1S/C20H17N3O5S/c1-27-14-8-4-13(5-9-14)23-19(26)16(18(25)22-20(23)29)10-12-2-6-15(7-3-12)28-11-17(21)24/h2-10H,11H2,1H3,(H2,21,24)(H,22,25,29)/b16-10-. The molecule has 1 aliphatic rings. The molecule has 3 rings (SSSR count). The van der Waals surface area contributed by atoms with E-state index in [9.17, 15) is 14.4 Å². The van der Waals surface area contributed by atoms with Crippen LogP contribution in [-0.4, -0.2) is 36.6 Å². The number of nitrogens with two attached hydrogens (primary N) is 1. The maximum absolute atomic E-state index is 13.0. The van der Waals surface area contributed by atoms with E-state index in [1.54, 1.807) is 48.5 Å². The van der Waals surface area contributed by atoms with E-state index in [1.807, 2.05) is 0 Å². The van der Waals surface area contributed by atoms with E-state index in [2.05, 4.69) is 5.32 Å². The minimum absolute atomic E-state index is 0.00230. The number of amides is 3. The van der Waals surface area contributed by atoms with E-state index >= 15 is 0 Å². The number of hydrogen-bond acceptors (Lipinski definition) is 6.